The average Bonchev–Trinajstić information content (AvgIpc) is 1.58. The lowest BCUT2D eigenvalue weighted by molar-refractivity contribution is 0.153. The standard InChI is InChI=1S/CH2F2O6S2/c2-1(3,10(4,5)6)11(7,8)9/h(H,4,5,6)(H,7,8,9). The fourth-order valence-corrected chi connectivity index (χ4v) is 1.20. The topological polar surface area (TPSA) is 109 Å². The third kappa shape index (κ3) is 1.83. The molecule has 0 aromatic rings. The maximum atomic E-state index is 11.8. The van der Waals surface area contributed by atoms with Gasteiger partial charge in [-0.2, -0.15) is 25.6 Å². The molecule has 0 heterocycles. The van der Waals surface area contributed by atoms with Gasteiger partial charge < -0.3 is 0 Å². The van der Waals surface area contributed by atoms with Crippen molar-refractivity contribution in [3.63, 3.8) is 0 Å². The van der Waals surface area contributed by atoms with Gasteiger partial charge in [-0.05, 0) is 0 Å². The number of rotatable bonds is 2. The van der Waals surface area contributed by atoms with Crippen LogP contribution in [0.25, 0.3) is 0 Å². The summed E-state index contributed by atoms with van der Waals surface area (Å²) in [5, 5.41) is 0. The van der Waals surface area contributed by atoms with E-state index in [2.05, 4.69) is 0 Å². The quantitative estimate of drug-likeness (QED) is 0.586. The van der Waals surface area contributed by atoms with Crippen LogP contribution in [0.2, 0.25) is 0 Å². The van der Waals surface area contributed by atoms with Crippen molar-refractivity contribution in [2.24, 2.45) is 0 Å². The van der Waals surface area contributed by atoms with Crippen LogP contribution in [0.3, 0.4) is 0 Å². The van der Waals surface area contributed by atoms with Crippen molar-refractivity contribution < 1.29 is 34.7 Å². The fraction of sp³-hybridized carbons (Fsp3) is 1.00. The van der Waals surface area contributed by atoms with Crippen LogP contribution >= 0.6 is 0 Å². The smallest absolute Gasteiger partial charge is 0.280 e. The summed E-state index contributed by atoms with van der Waals surface area (Å²) in [6, 6.07) is 0. The SMILES string of the molecule is O=S(=O)(O)C(F)(F)S(=O)(=O)O. The zero-order valence-corrected chi connectivity index (χ0v) is 6.23. The van der Waals surface area contributed by atoms with Gasteiger partial charge in [-0.1, -0.05) is 0 Å². The summed E-state index contributed by atoms with van der Waals surface area (Å²) in [7, 11) is -12.3. The normalized spacial score (nSPS) is 14.9. The van der Waals surface area contributed by atoms with Gasteiger partial charge in [0.05, 0.1) is 0 Å². The largest absolute Gasteiger partial charge is 0.495 e. The van der Waals surface area contributed by atoms with Gasteiger partial charge in [-0.15, -0.1) is 0 Å². The molecule has 0 aliphatic rings. The van der Waals surface area contributed by atoms with Gasteiger partial charge in [-0.3, -0.25) is 9.11 Å². The summed E-state index contributed by atoms with van der Waals surface area (Å²) in [5.74, 6) is 0. The van der Waals surface area contributed by atoms with Crippen LogP contribution < -0.4 is 0 Å². The molecule has 0 saturated heterocycles. The molecule has 0 saturated carbocycles. The Kier molecular flexibility index (Phi) is 2.27. The summed E-state index contributed by atoms with van der Waals surface area (Å²) in [5.41, 5.74) is 0. The molecule has 0 fully saturated rings. The maximum absolute atomic E-state index is 11.8. The first-order valence-corrected chi connectivity index (χ1v) is 4.70. The number of hydrogen-bond donors (Lipinski definition) is 2. The van der Waals surface area contributed by atoms with Crippen LogP contribution in [-0.2, 0) is 20.2 Å². The van der Waals surface area contributed by atoms with Crippen LogP contribution in [0.15, 0.2) is 0 Å². The van der Waals surface area contributed by atoms with E-state index in [0.717, 1.165) is 0 Å². The Bertz CT molecular complexity index is 301. The van der Waals surface area contributed by atoms with Gasteiger partial charge in [0.25, 0.3) is 0 Å². The molecular weight excluding hydrogens is 210 g/mol. The van der Waals surface area contributed by atoms with Gasteiger partial charge in [0.1, 0.15) is 0 Å². The van der Waals surface area contributed by atoms with Crippen LogP contribution in [0.5, 0.6) is 0 Å². The minimum absolute atomic E-state index is 5.57. The van der Waals surface area contributed by atoms with Gasteiger partial charge in [0.15, 0.2) is 0 Å². The second kappa shape index (κ2) is 2.33. The molecule has 0 rings (SSSR count). The Balaban J connectivity index is 5.45. The highest BCUT2D eigenvalue weighted by Gasteiger charge is 2.57. The molecule has 11 heavy (non-hydrogen) atoms. The molecule has 0 aromatic heterocycles. The van der Waals surface area contributed by atoms with E-state index in [1.807, 2.05) is 0 Å². The Morgan fingerprint density at radius 3 is 1.09 bits per heavy atom. The minimum atomic E-state index is -6.13. The van der Waals surface area contributed by atoms with Crippen molar-refractivity contribution in [2.75, 3.05) is 0 Å². The molecule has 0 aliphatic carbocycles. The van der Waals surface area contributed by atoms with Gasteiger partial charge in [0, 0.05) is 0 Å². The van der Waals surface area contributed by atoms with Crippen molar-refractivity contribution in [3.05, 3.63) is 0 Å². The van der Waals surface area contributed by atoms with E-state index >= 15 is 0 Å². The monoisotopic (exact) mass is 212 g/mol. The van der Waals surface area contributed by atoms with E-state index in [1.165, 1.54) is 0 Å². The van der Waals surface area contributed by atoms with Gasteiger partial charge in [0.2, 0.25) is 0 Å². The van der Waals surface area contributed by atoms with E-state index < -0.39 is 24.8 Å². The Morgan fingerprint density at radius 1 is 0.909 bits per heavy atom. The molecule has 0 radical (unpaired) electrons. The highest BCUT2D eigenvalue weighted by molar-refractivity contribution is 8.04. The van der Waals surface area contributed by atoms with Crippen LogP contribution in [0.1, 0.15) is 0 Å². The van der Waals surface area contributed by atoms with Crippen molar-refractivity contribution in [2.45, 2.75) is 4.59 Å². The van der Waals surface area contributed by atoms with E-state index in [-0.39, 0.29) is 0 Å². The lowest BCUT2D eigenvalue weighted by Crippen LogP contribution is -2.36. The second-order valence-corrected chi connectivity index (χ2v) is 4.60. The molecule has 2 N–H and O–H groups in total. The summed E-state index contributed by atoms with van der Waals surface area (Å²) < 4.78 is 71.3. The predicted molar refractivity (Wildman–Crippen MR) is 28.0 cm³/mol. The Hall–Kier alpha value is -0.320. The lowest BCUT2D eigenvalue weighted by Gasteiger charge is -2.07. The number of halogens is 2. The van der Waals surface area contributed by atoms with Crippen LogP contribution in [0.4, 0.5) is 8.78 Å². The molecule has 0 spiro atoms. The third-order valence-corrected chi connectivity index (χ3v) is 3.07. The second-order valence-electron chi connectivity index (χ2n) is 1.41. The zero-order valence-electron chi connectivity index (χ0n) is 4.60. The first-order valence-electron chi connectivity index (χ1n) is 1.82. The first-order chi connectivity index (χ1) is 4.50. The summed E-state index contributed by atoms with van der Waals surface area (Å²) in [6.07, 6.45) is 0. The van der Waals surface area contributed by atoms with Crippen LogP contribution in [-0.4, -0.2) is 30.5 Å². The highest BCUT2D eigenvalue weighted by atomic mass is 32.3. The number of hydrogen-bond acceptors (Lipinski definition) is 4. The summed E-state index contributed by atoms with van der Waals surface area (Å²) in [6.45, 7) is 0. The van der Waals surface area contributed by atoms with Crippen LogP contribution in [0, 0.1) is 0 Å². The molecule has 0 bridgehead atoms. The summed E-state index contributed by atoms with van der Waals surface area (Å²) >= 11 is 0. The van der Waals surface area contributed by atoms with Gasteiger partial charge >= 0.3 is 24.8 Å². The number of alkyl halides is 2. The third-order valence-electron chi connectivity index (χ3n) is 0.601. The predicted octanol–water partition coefficient (Wildman–Crippen LogP) is -0.688. The van der Waals surface area contributed by atoms with Crippen molar-refractivity contribution >= 4 is 20.2 Å². The van der Waals surface area contributed by atoms with E-state index in [0.29, 0.717) is 0 Å². The lowest BCUT2D eigenvalue weighted by atomic mass is 11.6. The van der Waals surface area contributed by atoms with Crippen molar-refractivity contribution in [1.29, 1.82) is 0 Å². The molecule has 0 aromatic carbocycles. The zero-order chi connectivity index (χ0) is 9.50. The molecule has 0 atom stereocenters. The van der Waals surface area contributed by atoms with Gasteiger partial charge in [-0.25, -0.2) is 0 Å². The van der Waals surface area contributed by atoms with Crippen molar-refractivity contribution in [3.8, 4) is 0 Å². The molecule has 0 amide bonds. The molecule has 68 valence electrons. The summed E-state index contributed by atoms with van der Waals surface area (Å²) in [4.78, 5) is 0. The molecule has 0 aliphatic heterocycles. The Labute approximate surface area is 60.3 Å². The molecule has 0 unspecified atom stereocenters. The molecular formula is CH2F2O6S2. The Morgan fingerprint density at radius 2 is 1.09 bits per heavy atom. The van der Waals surface area contributed by atoms with E-state index in [4.69, 9.17) is 9.11 Å². The molecule has 10 heteroatoms. The van der Waals surface area contributed by atoms with Crippen molar-refractivity contribution in [1.82, 2.24) is 0 Å². The minimum Gasteiger partial charge on any atom is -0.280 e. The molecule has 6 nitrogen and oxygen atoms in total. The first kappa shape index (κ1) is 10.7. The average molecular weight is 212 g/mol. The maximum Gasteiger partial charge on any atom is 0.495 e. The fourth-order valence-electron chi connectivity index (χ4n) is 0.133. The van der Waals surface area contributed by atoms with E-state index in [1.54, 1.807) is 0 Å². The van der Waals surface area contributed by atoms with E-state index in [9.17, 15) is 25.6 Å². The highest BCUT2D eigenvalue weighted by Crippen LogP contribution is 2.25.